The van der Waals surface area contributed by atoms with Crippen LogP contribution in [-0.2, 0) is 12.8 Å². The predicted octanol–water partition coefficient (Wildman–Crippen LogP) is 8.30. The van der Waals surface area contributed by atoms with E-state index >= 15 is 0 Å². The van der Waals surface area contributed by atoms with Crippen molar-refractivity contribution < 1.29 is 0 Å². The molecule has 1 fully saturated rings. The van der Waals surface area contributed by atoms with Crippen LogP contribution < -0.4 is 0 Å². The van der Waals surface area contributed by atoms with Crippen molar-refractivity contribution in [3.63, 3.8) is 0 Å². The number of aromatic nitrogens is 2. The highest BCUT2D eigenvalue weighted by atomic mass is 32.1. The summed E-state index contributed by atoms with van der Waals surface area (Å²) in [6.45, 7) is 4.51. The molecule has 1 saturated carbocycles. The number of nitrogens with zero attached hydrogens (tertiary/aromatic N) is 2. The molecule has 3 aromatic heterocycles. The lowest BCUT2D eigenvalue weighted by Crippen LogP contribution is -2.15. The third kappa shape index (κ3) is 5.46. The van der Waals surface area contributed by atoms with E-state index in [1.54, 1.807) is 4.88 Å². The van der Waals surface area contributed by atoms with Gasteiger partial charge in [-0.2, -0.15) is 0 Å². The first-order chi connectivity index (χ1) is 14.2. The molecule has 4 heteroatoms. The van der Waals surface area contributed by atoms with Gasteiger partial charge in [0, 0.05) is 26.7 Å². The monoisotopic (exact) mass is 426 g/mol. The summed E-state index contributed by atoms with van der Waals surface area (Å²) >= 11 is 3.82. The van der Waals surface area contributed by atoms with E-state index < -0.39 is 0 Å². The second-order valence-electron chi connectivity index (χ2n) is 8.78. The Bertz CT molecular complexity index is 854. The molecule has 0 atom stereocenters. The fourth-order valence-corrected chi connectivity index (χ4v) is 7.05. The van der Waals surface area contributed by atoms with Crippen molar-refractivity contribution in [2.75, 3.05) is 0 Å². The van der Waals surface area contributed by atoms with Crippen molar-refractivity contribution in [1.82, 2.24) is 9.97 Å². The van der Waals surface area contributed by atoms with Crippen LogP contribution in [0.15, 0.2) is 24.5 Å². The van der Waals surface area contributed by atoms with Gasteiger partial charge < -0.3 is 0 Å². The van der Waals surface area contributed by atoms with Crippen molar-refractivity contribution in [3.05, 3.63) is 35.0 Å². The molecule has 0 saturated heterocycles. The van der Waals surface area contributed by atoms with E-state index in [1.807, 2.05) is 35.1 Å². The molecule has 0 bridgehead atoms. The molecule has 29 heavy (non-hydrogen) atoms. The molecule has 0 radical (unpaired) electrons. The van der Waals surface area contributed by atoms with Gasteiger partial charge in [0.25, 0.3) is 0 Å². The number of rotatable bonds is 9. The molecule has 4 rings (SSSR count). The van der Waals surface area contributed by atoms with Crippen LogP contribution in [0.5, 0.6) is 0 Å². The third-order valence-corrected chi connectivity index (χ3v) is 8.80. The van der Waals surface area contributed by atoms with Crippen molar-refractivity contribution in [2.45, 2.75) is 84.5 Å². The van der Waals surface area contributed by atoms with Crippen LogP contribution in [0.4, 0.5) is 0 Å². The van der Waals surface area contributed by atoms with Crippen molar-refractivity contribution in [3.8, 4) is 10.7 Å². The zero-order valence-corrected chi connectivity index (χ0v) is 19.6. The van der Waals surface area contributed by atoms with Crippen LogP contribution in [-0.4, -0.2) is 9.97 Å². The van der Waals surface area contributed by atoms with Gasteiger partial charge in [0.05, 0.1) is 4.88 Å². The predicted molar refractivity (Wildman–Crippen MR) is 128 cm³/mol. The lowest BCUT2D eigenvalue weighted by Gasteiger charge is -2.28. The Balaban J connectivity index is 1.31. The van der Waals surface area contributed by atoms with Gasteiger partial charge in [0.15, 0.2) is 5.82 Å². The maximum atomic E-state index is 4.59. The Labute approximate surface area is 183 Å². The van der Waals surface area contributed by atoms with Crippen LogP contribution in [0.25, 0.3) is 20.1 Å². The van der Waals surface area contributed by atoms with Gasteiger partial charge in [-0.15, -0.1) is 22.7 Å². The zero-order valence-electron chi connectivity index (χ0n) is 18.0. The second kappa shape index (κ2) is 10.2. The van der Waals surface area contributed by atoms with Crippen LogP contribution in [0.2, 0.25) is 0 Å². The summed E-state index contributed by atoms with van der Waals surface area (Å²) in [5, 5.41) is 0. The van der Waals surface area contributed by atoms with Crippen molar-refractivity contribution in [2.24, 2.45) is 11.8 Å². The van der Waals surface area contributed by atoms with E-state index in [2.05, 4.69) is 35.9 Å². The molecular formula is C25H34N2S2. The Morgan fingerprint density at radius 1 is 0.828 bits per heavy atom. The lowest BCUT2D eigenvalue weighted by molar-refractivity contribution is 0.250. The van der Waals surface area contributed by atoms with Crippen LogP contribution >= 0.6 is 22.7 Å². The van der Waals surface area contributed by atoms with Crippen LogP contribution in [0, 0.1) is 11.8 Å². The minimum Gasteiger partial charge on any atom is -0.236 e. The minimum absolute atomic E-state index is 0.875. The normalized spacial score (nSPS) is 19.8. The van der Waals surface area contributed by atoms with E-state index in [1.165, 1.54) is 77.6 Å². The maximum Gasteiger partial charge on any atom is 0.169 e. The Morgan fingerprint density at radius 3 is 2.17 bits per heavy atom. The van der Waals surface area contributed by atoms with E-state index in [4.69, 9.17) is 0 Å². The van der Waals surface area contributed by atoms with Gasteiger partial charge in [-0.3, -0.25) is 0 Å². The first-order valence-electron chi connectivity index (χ1n) is 11.6. The fourth-order valence-electron chi connectivity index (χ4n) is 4.67. The molecule has 1 aliphatic rings. The molecule has 0 amide bonds. The highest BCUT2D eigenvalue weighted by Crippen LogP contribution is 2.39. The van der Waals surface area contributed by atoms with E-state index in [9.17, 15) is 0 Å². The van der Waals surface area contributed by atoms with Crippen LogP contribution in [0.3, 0.4) is 0 Å². The third-order valence-electron chi connectivity index (χ3n) is 6.45. The highest BCUT2D eigenvalue weighted by molar-refractivity contribution is 7.29. The van der Waals surface area contributed by atoms with Gasteiger partial charge in [0.1, 0.15) is 0 Å². The van der Waals surface area contributed by atoms with Crippen LogP contribution in [0.1, 0.15) is 82.1 Å². The van der Waals surface area contributed by atoms with Crippen molar-refractivity contribution >= 4 is 32.1 Å². The van der Waals surface area contributed by atoms with Gasteiger partial charge in [-0.05, 0) is 48.8 Å². The van der Waals surface area contributed by atoms with Crippen molar-refractivity contribution in [1.29, 1.82) is 0 Å². The molecule has 156 valence electrons. The summed E-state index contributed by atoms with van der Waals surface area (Å²) in [7, 11) is 0. The lowest BCUT2D eigenvalue weighted by atomic mass is 9.78. The number of fused-ring (bicyclic) bond motifs is 1. The second-order valence-corrected chi connectivity index (χ2v) is 11.0. The quantitative estimate of drug-likeness (QED) is 0.344. The summed E-state index contributed by atoms with van der Waals surface area (Å²) in [5.41, 5.74) is 1.23. The van der Waals surface area contributed by atoms with Gasteiger partial charge in [0.2, 0.25) is 0 Å². The summed E-state index contributed by atoms with van der Waals surface area (Å²) in [5.74, 6) is 2.85. The molecule has 3 aromatic rings. The maximum absolute atomic E-state index is 4.59. The largest absolute Gasteiger partial charge is 0.236 e. The number of hydrogen-bond acceptors (Lipinski definition) is 4. The first kappa shape index (κ1) is 21.0. The van der Waals surface area contributed by atoms with E-state index in [0.29, 0.717) is 0 Å². The van der Waals surface area contributed by atoms with Gasteiger partial charge in [-0.25, -0.2) is 9.97 Å². The summed E-state index contributed by atoms with van der Waals surface area (Å²) < 4.78 is 2.81. The standard InChI is InChI=1S/C25H34N2S2/c1-3-5-7-18-8-10-19(11-9-18)12-13-21-14-22-23(28-21)15-24(29-22)25-26-16-20(6-4-2)17-27-25/h14-19H,3-13H2,1-2H3. The number of aryl methyl sites for hydroxylation is 2. The SMILES string of the molecule is CCCCC1CCC(CCc2cc3sc(-c4ncc(CCC)cn4)cc3s2)CC1. The molecule has 0 aromatic carbocycles. The topological polar surface area (TPSA) is 25.8 Å². The van der Waals surface area contributed by atoms with Gasteiger partial charge in [-0.1, -0.05) is 65.2 Å². The summed E-state index contributed by atoms with van der Waals surface area (Å²) in [6, 6.07) is 4.72. The summed E-state index contributed by atoms with van der Waals surface area (Å²) in [4.78, 5) is 11.9. The highest BCUT2D eigenvalue weighted by Gasteiger charge is 2.21. The van der Waals surface area contributed by atoms with Gasteiger partial charge >= 0.3 is 0 Å². The van der Waals surface area contributed by atoms with E-state index in [-0.39, 0.29) is 0 Å². The smallest absolute Gasteiger partial charge is 0.169 e. The fraction of sp³-hybridized carbons (Fsp3) is 0.600. The number of thiophene rings is 2. The zero-order chi connectivity index (χ0) is 20.1. The van der Waals surface area contributed by atoms with E-state index in [0.717, 1.165) is 30.5 Å². The molecule has 1 aliphatic carbocycles. The summed E-state index contributed by atoms with van der Waals surface area (Å²) in [6.07, 6.45) is 18.9. The molecule has 0 spiro atoms. The Morgan fingerprint density at radius 2 is 1.52 bits per heavy atom. The molecule has 2 nitrogen and oxygen atoms in total. The average molecular weight is 427 g/mol. The molecule has 0 N–H and O–H groups in total. The molecule has 0 aliphatic heterocycles. The number of hydrogen-bond donors (Lipinski definition) is 0. The first-order valence-corrected chi connectivity index (χ1v) is 13.2. The Hall–Kier alpha value is -1.26. The molecule has 0 unspecified atom stereocenters. The Kier molecular flexibility index (Phi) is 7.36. The molecule has 3 heterocycles. The number of unbranched alkanes of at least 4 members (excludes halogenated alkanes) is 1. The average Bonchev–Trinajstić information content (AvgIpc) is 3.31. The molecular weight excluding hydrogens is 392 g/mol. The minimum atomic E-state index is 0.875.